The van der Waals surface area contributed by atoms with Crippen molar-refractivity contribution >= 4 is 36.3 Å². The van der Waals surface area contributed by atoms with Crippen molar-refractivity contribution in [2.24, 2.45) is 11.7 Å². The fourth-order valence-electron chi connectivity index (χ4n) is 1.73. The number of carboxylic acids is 1. The smallest absolute Gasteiger partial charge is 0.322 e. The van der Waals surface area contributed by atoms with Gasteiger partial charge >= 0.3 is 5.97 Å². The highest BCUT2D eigenvalue weighted by Crippen LogP contribution is 2.09. The molecular formula is C14H26N4O5S. The molecule has 0 heterocycles. The van der Waals surface area contributed by atoms with Crippen molar-refractivity contribution in [2.75, 3.05) is 12.3 Å². The molecule has 24 heavy (non-hydrogen) atoms. The van der Waals surface area contributed by atoms with Crippen LogP contribution in [0.2, 0.25) is 0 Å². The molecule has 0 aromatic heterocycles. The minimum atomic E-state index is -1.19. The van der Waals surface area contributed by atoms with Crippen LogP contribution in [0, 0.1) is 5.92 Å². The van der Waals surface area contributed by atoms with Crippen molar-refractivity contribution < 1.29 is 24.3 Å². The van der Waals surface area contributed by atoms with Crippen molar-refractivity contribution in [3.05, 3.63) is 0 Å². The van der Waals surface area contributed by atoms with Crippen LogP contribution in [0.5, 0.6) is 0 Å². The van der Waals surface area contributed by atoms with E-state index in [1.165, 1.54) is 6.92 Å². The zero-order valence-corrected chi connectivity index (χ0v) is 14.9. The van der Waals surface area contributed by atoms with Gasteiger partial charge in [0.15, 0.2) is 0 Å². The first-order valence-electron chi connectivity index (χ1n) is 7.60. The standard InChI is InChI=1S/C14H26N4O5S/c1-4-7(2)11(18-13(22)9(15)6-24)14(23)17-8(3)12(21)16-5-10(19)20/h7-9,11,24H,4-6,15H2,1-3H3,(H,16,21)(H,17,23)(H,18,22)(H,19,20). The highest BCUT2D eigenvalue weighted by molar-refractivity contribution is 7.80. The van der Waals surface area contributed by atoms with Gasteiger partial charge in [0.05, 0.1) is 6.04 Å². The minimum Gasteiger partial charge on any atom is -0.480 e. The zero-order valence-electron chi connectivity index (χ0n) is 14.0. The Balaban J connectivity index is 4.84. The van der Waals surface area contributed by atoms with E-state index in [0.717, 1.165) is 0 Å². The maximum absolute atomic E-state index is 12.4. The number of carbonyl (C=O) groups excluding carboxylic acids is 3. The molecule has 10 heteroatoms. The van der Waals surface area contributed by atoms with E-state index in [-0.39, 0.29) is 11.7 Å². The summed E-state index contributed by atoms with van der Waals surface area (Å²) >= 11 is 3.94. The van der Waals surface area contributed by atoms with Gasteiger partial charge in [-0.3, -0.25) is 19.2 Å². The Bertz CT molecular complexity index is 474. The molecule has 0 rings (SSSR count). The number of amides is 3. The monoisotopic (exact) mass is 362 g/mol. The Morgan fingerprint density at radius 3 is 2.12 bits per heavy atom. The Morgan fingerprint density at radius 1 is 1.08 bits per heavy atom. The number of hydrogen-bond acceptors (Lipinski definition) is 6. The zero-order chi connectivity index (χ0) is 18.9. The second-order valence-corrected chi connectivity index (χ2v) is 5.87. The number of nitrogens with one attached hydrogen (secondary N) is 3. The van der Waals surface area contributed by atoms with Gasteiger partial charge < -0.3 is 26.8 Å². The third kappa shape index (κ3) is 7.64. The van der Waals surface area contributed by atoms with Gasteiger partial charge in [-0.05, 0) is 12.8 Å². The summed E-state index contributed by atoms with van der Waals surface area (Å²) in [6.07, 6.45) is 0.619. The van der Waals surface area contributed by atoms with Gasteiger partial charge in [0.1, 0.15) is 18.6 Å². The van der Waals surface area contributed by atoms with Crippen molar-refractivity contribution in [3.63, 3.8) is 0 Å². The molecule has 6 N–H and O–H groups in total. The topological polar surface area (TPSA) is 151 Å². The van der Waals surface area contributed by atoms with Crippen LogP contribution in [-0.4, -0.2) is 59.2 Å². The quantitative estimate of drug-likeness (QED) is 0.260. The first kappa shape index (κ1) is 22.2. The van der Waals surface area contributed by atoms with E-state index < -0.39 is 48.4 Å². The lowest BCUT2D eigenvalue weighted by Crippen LogP contribution is -2.57. The van der Waals surface area contributed by atoms with Crippen molar-refractivity contribution in [1.29, 1.82) is 0 Å². The third-order valence-electron chi connectivity index (χ3n) is 3.49. The summed E-state index contributed by atoms with van der Waals surface area (Å²) in [5.74, 6) is -2.92. The fraction of sp³-hybridized carbons (Fsp3) is 0.714. The molecule has 0 aliphatic heterocycles. The van der Waals surface area contributed by atoms with Crippen molar-refractivity contribution in [2.45, 2.75) is 45.3 Å². The van der Waals surface area contributed by atoms with Crippen LogP contribution in [0.4, 0.5) is 0 Å². The number of aliphatic carboxylic acids is 1. The summed E-state index contributed by atoms with van der Waals surface area (Å²) < 4.78 is 0. The van der Waals surface area contributed by atoms with Crippen LogP contribution in [0.3, 0.4) is 0 Å². The Labute approximate surface area is 146 Å². The molecule has 0 aliphatic rings. The van der Waals surface area contributed by atoms with E-state index in [4.69, 9.17) is 10.8 Å². The van der Waals surface area contributed by atoms with E-state index >= 15 is 0 Å². The highest BCUT2D eigenvalue weighted by Gasteiger charge is 2.29. The molecule has 9 nitrogen and oxygen atoms in total. The highest BCUT2D eigenvalue weighted by atomic mass is 32.1. The number of thiol groups is 1. The lowest BCUT2D eigenvalue weighted by Gasteiger charge is -2.26. The summed E-state index contributed by atoms with van der Waals surface area (Å²) in [5.41, 5.74) is 5.58. The molecule has 0 radical (unpaired) electrons. The van der Waals surface area contributed by atoms with Gasteiger partial charge in [-0.2, -0.15) is 12.6 Å². The lowest BCUT2D eigenvalue weighted by atomic mass is 9.97. The van der Waals surface area contributed by atoms with Crippen molar-refractivity contribution in [3.8, 4) is 0 Å². The van der Waals surface area contributed by atoms with Crippen LogP contribution in [0.1, 0.15) is 27.2 Å². The van der Waals surface area contributed by atoms with Crippen LogP contribution in [0.25, 0.3) is 0 Å². The molecule has 0 bridgehead atoms. The predicted molar refractivity (Wildman–Crippen MR) is 91.5 cm³/mol. The minimum absolute atomic E-state index is 0.134. The first-order valence-corrected chi connectivity index (χ1v) is 8.23. The molecule has 0 aliphatic carbocycles. The normalized spacial score (nSPS) is 15.5. The fourth-order valence-corrected chi connectivity index (χ4v) is 1.90. The molecule has 4 unspecified atom stereocenters. The number of carboxylic acid groups (broad SMARTS) is 1. The largest absolute Gasteiger partial charge is 0.480 e. The maximum Gasteiger partial charge on any atom is 0.322 e. The number of hydrogen-bond donors (Lipinski definition) is 6. The average molecular weight is 362 g/mol. The second-order valence-electron chi connectivity index (χ2n) is 5.50. The molecule has 0 fully saturated rings. The van der Waals surface area contributed by atoms with E-state index in [9.17, 15) is 19.2 Å². The van der Waals surface area contributed by atoms with E-state index in [1.54, 1.807) is 6.92 Å². The summed E-state index contributed by atoms with van der Waals surface area (Å²) in [4.78, 5) is 46.4. The molecule has 3 amide bonds. The van der Waals surface area contributed by atoms with E-state index in [2.05, 4.69) is 28.6 Å². The SMILES string of the molecule is CCC(C)C(NC(=O)C(N)CS)C(=O)NC(C)C(=O)NCC(=O)O. The number of carbonyl (C=O) groups is 4. The molecule has 138 valence electrons. The summed E-state index contributed by atoms with van der Waals surface area (Å²) in [6.45, 7) is 4.52. The Hall–Kier alpha value is -1.81. The van der Waals surface area contributed by atoms with Crippen LogP contribution < -0.4 is 21.7 Å². The van der Waals surface area contributed by atoms with Gasteiger partial charge in [-0.25, -0.2) is 0 Å². The van der Waals surface area contributed by atoms with Gasteiger partial charge in [-0.1, -0.05) is 20.3 Å². The Morgan fingerprint density at radius 2 is 1.67 bits per heavy atom. The summed E-state index contributed by atoms with van der Waals surface area (Å²) in [6, 6.07) is -2.65. The van der Waals surface area contributed by atoms with Crippen LogP contribution >= 0.6 is 12.6 Å². The lowest BCUT2D eigenvalue weighted by molar-refractivity contribution is -0.138. The molecule has 0 aromatic rings. The van der Waals surface area contributed by atoms with Gasteiger partial charge in [0.2, 0.25) is 17.7 Å². The molecule has 0 aromatic carbocycles. The van der Waals surface area contributed by atoms with E-state index in [0.29, 0.717) is 6.42 Å². The molecule has 0 saturated heterocycles. The summed E-state index contributed by atoms with van der Waals surface area (Å²) in [7, 11) is 0. The van der Waals surface area contributed by atoms with Crippen LogP contribution in [-0.2, 0) is 19.2 Å². The van der Waals surface area contributed by atoms with Gasteiger partial charge in [0, 0.05) is 5.75 Å². The van der Waals surface area contributed by atoms with E-state index in [1.807, 2.05) is 6.92 Å². The first-order chi connectivity index (χ1) is 11.1. The molecule has 4 atom stereocenters. The summed E-state index contributed by atoms with van der Waals surface area (Å²) in [5, 5.41) is 15.7. The van der Waals surface area contributed by atoms with Crippen LogP contribution in [0.15, 0.2) is 0 Å². The van der Waals surface area contributed by atoms with Gasteiger partial charge in [0.25, 0.3) is 0 Å². The third-order valence-corrected chi connectivity index (χ3v) is 3.89. The Kier molecular flexibility index (Phi) is 10.0. The predicted octanol–water partition coefficient (Wildman–Crippen LogP) is -1.52. The molecule has 0 saturated carbocycles. The average Bonchev–Trinajstić information content (AvgIpc) is 2.55. The van der Waals surface area contributed by atoms with Gasteiger partial charge in [-0.15, -0.1) is 0 Å². The molecular weight excluding hydrogens is 336 g/mol. The maximum atomic E-state index is 12.4. The number of nitrogens with two attached hydrogens (primary N) is 1. The number of rotatable bonds is 10. The van der Waals surface area contributed by atoms with Crippen molar-refractivity contribution in [1.82, 2.24) is 16.0 Å². The second kappa shape index (κ2) is 10.9. The molecule has 0 spiro atoms.